The second-order valence-electron chi connectivity index (χ2n) is 7.79. The van der Waals surface area contributed by atoms with Crippen molar-refractivity contribution in [1.29, 1.82) is 0 Å². The zero-order valence-electron chi connectivity index (χ0n) is 17.7. The van der Waals surface area contributed by atoms with Crippen molar-refractivity contribution in [2.45, 2.75) is 4.90 Å². The molecule has 0 saturated heterocycles. The molecule has 0 atom stereocenters. The van der Waals surface area contributed by atoms with Crippen LogP contribution in [0.2, 0.25) is 0 Å². The highest BCUT2D eigenvalue weighted by molar-refractivity contribution is 7.92. The number of hydrogen-bond donors (Lipinski definition) is 2. The maximum absolute atomic E-state index is 13.3. The summed E-state index contributed by atoms with van der Waals surface area (Å²) in [4.78, 5) is 11.7. The Kier molecular flexibility index (Phi) is 4.91. The molecule has 1 heterocycles. The van der Waals surface area contributed by atoms with Crippen molar-refractivity contribution in [3.8, 4) is 11.3 Å². The highest BCUT2D eigenvalue weighted by atomic mass is 32.2. The molecule has 0 fully saturated rings. The number of nitrogens with zero attached hydrogens (tertiary/aromatic N) is 1. The molecule has 5 aromatic rings. The van der Waals surface area contributed by atoms with Gasteiger partial charge < -0.3 is 9.67 Å². The van der Waals surface area contributed by atoms with Crippen molar-refractivity contribution in [2.24, 2.45) is 7.05 Å². The fraction of sp³-hybridized carbons (Fsp3) is 0.0385. The fourth-order valence-corrected chi connectivity index (χ4v) is 5.24. The molecule has 7 heteroatoms. The Balaban J connectivity index is 1.57. The van der Waals surface area contributed by atoms with E-state index in [0.29, 0.717) is 16.5 Å². The number of aromatic carboxylic acids is 1. The standard InChI is InChI=1S/C26H20N2O4S/c1-28-24(17-7-3-2-4-8-17)15-18-11-12-19(16-25(18)28)33(31,32)27-23-14-13-22(26(29)30)20-9-5-6-10-21(20)23/h2-16,27H,1H3,(H,29,30). The molecule has 0 aliphatic carbocycles. The van der Waals surface area contributed by atoms with Crippen LogP contribution in [0, 0.1) is 0 Å². The van der Waals surface area contributed by atoms with E-state index in [-0.39, 0.29) is 10.5 Å². The van der Waals surface area contributed by atoms with Crippen molar-refractivity contribution in [3.05, 3.63) is 96.6 Å². The topological polar surface area (TPSA) is 88.4 Å². The molecule has 33 heavy (non-hydrogen) atoms. The van der Waals surface area contributed by atoms with Crippen LogP contribution in [0.1, 0.15) is 10.4 Å². The fourth-order valence-electron chi connectivity index (χ4n) is 4.14. The molecule has 0 unspecified atom stereocenters. The van der Waals surface area contributed by atoms with E-state index < -0.39 is 16.0 Å². The number of sulfonamides is 1. The minimum atomic E-state index is -3.91. The molecular formula is C26H20N2O4S. The Morgan fingerprint density at radius 3 is 2.27 bits per heavy atom. The Hall–Kier alpha value is -4.10. The molecule has 0 aliphatic heterocycles. The summed E-state index contributed by atoms with van der Waals surface area (Å²) >= 11 is 0. The SMILES string of the molecule is Cn1c(-c2ccccc2)cc2ccc(S(=O)(=O)Nc3ccc(C(=O)O)c4ccccc34)cc21. The van der Waals surface area contributed by atoms with Gasteiger partial charge in [-0.2, -0.15) is 0 Å². The van der Waals surface area contributed by atoms with E-state index in [2.05, 4.69) is 4.72 Å². The van der Waals surface area contributed by atoms with Gasteiger partial charge in [0, 0.05) is 29.0 Å². The normalized spacial score (nSPS) is 11.7. The maximum Gasteiger partial charge on any atom is 0.336 e. The first-order chi connectivity index (χ1) is 15.8. The number of nitrogens with one attached hydrogen (secondary N) is 1. The van der Waals surface area contributed by atoms with Crippen molar-refractivity contribution in [2.75, 3.05) is 4.72 Å². The average Bonchev–Trinajstić information content (AvgIpc) is 3.15. The number of fused-ring (bicyclic) bond motifs is 2. The largest absolute Gasteiger partial charge is 0.478 e. The van der Waals surface area contributed by atoms with E-state index in [9.17, 15) is 18.3 Å². The number of hydrogen-bond acceptors (Lipinski definition) is 3. The molecule has 6 nitrogen and oxygen atoms in total. The van der Waals surface area contributed by atoms with Gasteiger partial charge in [0.05, 0.1) is 16.1 Å². The van der Waals surface area contributed by atoms with Crippen LogP contribution in [0.25, 0.3) is 32.9 Å². The molecule has 0 spiro atoms. The van der Waals surface area contributed by atoms with Crippen molar-refractivity contribution in [3.63, 3.8) is 0 Å². The molecule has 0 saturated carbocycles. The van der Waals surface area contributed by atoms with Gasteiger partial charge in [-0.1, -0.05) is 60.7 Å². The third kappa shape index (κ3) is 3.62. The van der Waals surface area contributed by atoms with Crippen LogP contribution in [0.15, 0.2) is 95.9 Å². The highest BCUT2D eigenvalue weighted by Crippen LogP contribution is 2.31. The van der Waals surface area contributed by atoms with Crippen LogP contribution in [0.5, 0.6) is 0 Å². The minimum absolute atomic E-state index is 0.118. The van der Waals surface area contributed by atoms with E-state index in [1.54, 1.807) is 42.5 Å². The van der Waals surface area contributed by atoms with Gasteiger partial charge in [0.2, 0.25) is 0 Å². The van der Waals surface area contributed by atoms with E-state index >= 15 is 0 Å². The van der Waals surface area contributed by atoms with Crippen LogP contribution in [0.3, 0.4) is 0 Å². The van der Waals surface area contributed by atoms with Crippen LogP contribution < -0.4 is 4.72 Å². The van der Waals surface area contributed by atoms with Gasteiger partial charge in [-0.3, -0.25) is 4.72 Å². The predicted octanol–water partition coefficient (Wildman–Crippen LogP) is 5.50. The number of benzene rings is 4. The van der Waals surface area contributed by atoms with Crippen molar-refractivity contribution in [1.82, 2.24) is 4.57 Å². The van der Waals surface area contributed by atoms with Crippen LogP contribution >= 0.6 is 0 Å². The van der Waals surface area contributed by atoms with Crippen molar-refractivity contribution < 1.29 is 18.3 Å². The zero-order valence-corrected chi connectivity index (χ0v) is 18.5. The monoisotopic (exact) mass is 456 g/mol. The quantitative estimate of drug-likeness (QED) is 0.366. The molecule has 2 N–H and O–H groups in total. The molecule has 0 radical (unpaired) electrons. The number of anilines is 1. The molecule has 5 rings (SSSR count). The van der Waals surface area contributed by atoms with Gasteiger partial charge in [-0.25, -0.2) is 13.2 Å². The zero-order chi connectivity index (χ0) is 23.2. The Morgan fingerprint density at radius 2 is 1.55 bits per heavy atom. The summed E-state index contributed by atoms with van der Waals surface area (Å²) in [5.74, 6) is -1.07. The Morgan fingerprint density at radius 1 is 0.848 bits per heavy atom. The second-order valence-corrected chi connectivity index (χ2v) is 9.47. The first-order valence-electron chi connectivity index (χ1n) is 10.3. The molecule has 164 valence electrons. The second kappa shape index (κ2) is 7.79. The van der Waals surface area contributed by atoms with Crippen molar-refractivity contribution >= 4 is 43.4 Å². The van der Waals surface area contributed by atoms with Gasteiger partial charge in [-0.15, -0.1) is 0 Å². The molecule has 0 amide bonds. The lowest BCUT2D eigenvalue weighted by Gasteiger charge is -2.13. The van der Waals surface area contributed by atoms with E-state index in [0.717, 1.165) is 22.2 Å². The lowest BCUT2D eigenvalue weighted by Crippen LogP contribution is -2.13. The summed E-state index contributed by atoms with van der Waals surface area (Å²) in [7, 11) is -2.00. The average molecular weight is 457 g/mol. The molecule has 0 aliphatic rings. The lowest BCUT2D eigenvalue weighted by molar-refractivity contribution is 0.0699. The third-order valence-electron chi connectivity index (χ3n) is 5.80. The summed E-state index contributed by atoms with van der Waals surface area (Å²) < 4.78 is 31.1. The van der Waals surface area contributed by atoms with Gasteiger partial charge in [0.15, 0.2) is 0 Å². The number of carboxylic acids is 1. The van der Waals surface area contributed by atoms with Crippen LogP contribution in [0.4, 0.5) is 5.69 Å². The summed E-state index contributed by atoms with van der Waals surface area (Å²) in [6.45, 7) is 0. The maximum atomic E-state index is 13.3. The predicted molar refractivity (Wildman–Crippen MR) is 130 cm³/mol. The van der Waals surface area contributed by atoms with E-state index in [4.69, 9.17) is 0 Å². The number of aromatic nitrogens is 1. The lowest BCUT2D eigenvalue weighted by atomic mass is 10.0. The minimum Gasteiger partial charge on any atom is -0.478 e. The molecule has 0 bridgehead atoms. The Labute approximate surface area is 190 Å². The number of carboxylic acid groups (broad SMARTS) is 1. The van der Waals surface area contributed by atoms with Crippen LogP contribution in [-0.4, -0.2) is 24.1 Å². The molecule has 4 aromatic carbocycles. The van der Waals surface area contributed by atoms with E-state index in [1.807, 2.05) is 48.0 Å². The van der Waals surface area contributed by atoms with Gasteiger partial charge in [0.1, 0.15) is 0 Å². The molecular weight excluding hydrogens is 436 g/mol. The summed E-state index contributed by atoms with van der Waals surface area (Å²) in [6.07, 6.45) is 0. The van der Waals surface area contributed by atoms with E-state index in [1.165, 1.54) is 12.1 Å². The third-order valence-corrected chi connectivity index (χ3v) is 7.16. The first-order valence-corrected chi connectivity index (χ1v) is 11.8. The van der Waals surface area contributed by atoms with Gasteiger partial charge >= 0.3 is 5.97 Å². The summed E-state index contributed by atoms with van der Waals surface area (Å²) in [6, 6.07) is 26.7. The highest BCUT2D eigenvalue weighted by Gasteiger charge is 2.19. The van der Waals surface area contributed by atoms with Gasteiger partial charge in [-0.05, 0) is 41.3 Å². The number of rotatable bonds is 5. The Bertz CT molecular complexity index is 1640. The molecule has 1 aromatic heterocycles. The summed E-state index contributed by atoms with van der Waals surface area (Å²) in [5, 5.41) is 11.4. The summed E-state index contributed by atoms with van der Waals surface area (Å²) in [5.41, 5.74) is 3.27. The number of carbonyl (C=O) groups is 1. The van der Waals surface area contributed by atoms with Crippen LogP contribution in [-0.2, 0) is 17.1 Å². The van der Waals surface area contributed by atoms with Gasteiger partial charge in [0.25, 0.3) is 10.0 Å². The number of aryl methyl sites for hydroxylation is 1. The first kappa shape index (κ1) is 20.8. The smallest absolute Gasteiger partial charge is 0.336 e.